The highest BCUT2D eigenvalue weighted by Gasteiger charge is 2.24. The van der Waals surface area contributed by atoms with Crippen LogP contribution in [0.1, 0.15) is 19.4 Å². The molecule has 0 amide bonds. The van der Waals surface area contributed by atoms with Gasteiger partial charge in [-0.25, -0.2) is 8.42 Å². The van der Waals surface area contributed by atoms with E-state index in [1.807, 2.05) is 17.3 Å². The largest absolute Gasteiger partial charge is 0.295 e. The quantitative estimate of drug-likeness (QED) is 0.624. The molecule has 0 aromatic heterocycles. The fourth-order valence-corrected chi connectivity index (χ4v) is 2.89. The van der Waals surface area contributed by atoms with Gasteiger partial charge in [-0.1, -0.05) is 13.8 Å². The summed E-state index contributed by atoms with van der Waals surface area (Å²) in [5.41, 5.74) is 0.479. The summed E-state index contributed by atoms with van der Waals surface area (Å²) in [6.45, 7) is 6.12. The van der Waals surface area contributed by atoms with Gasteiger partial charge in [0.25, 0.3) is 10.0 Å². The van der Waals surface area contributed by atoms with Crippen LogP contribution in [0.4, 0.5) is 0 Å². The molecule has 1 aliphatic heterocycles. The van der Waals surface area contributed by atoms with E-state index in [0.29, 0.717) is 18.7 Å². The summed E-state index contributed by atoms with van der Waals surface area (Å²) in [5, 5.41) is 14.9. The molecule has 1 aromatic carbocycles. The third kappa shape index (κ3) is 4.79. The summed E-state index contributed by atoms with van der Waals surface area (Å²) < 4.78 is 26.3. The first-order chi connectivity index (χ1) is 10.8. The van der Waals surface area contributed by atoms with Crippen molar-refractivity contribution in [2.45, 2.75) is 18.7 Å². The van der Waals surface area contributed by atoms with Gasteiger partial charge in [-0.15, -0.1) is 0 Å². The van der Waals surface area contributed by atoms with Crippen molar-refractivity contribution in [1.82, 2.24) is 9.73 Å². The van der Waals surface area contributed by atoms with Crippen molar-refractivity contribution < 1.29 is 8.42 Å². The molecular weight excluding hydrogens is 314 g/mol. The summed E-state index contributed by atoms with van der Waals surface area (Å²) in [6.07, 6.45) is 3.09. The maximum Gasteiger partial charge on any atom is 0.262 e. The molecule has 0 radical (unpaired) electrons. The maximum atomic E-state index is 12.0. The molecule has 1 heterocycles. The normalized spacial score (nSPS) is 16.7. The van der Waals surface area contributed by atoms with E-state index in [2.05, 4.69) is 28.7 Å². The second-order valence-corrected chi connectivity index (χ2v) is 7.63. The zero-order valence-electron chi connectivity index (χ0n) is 13.1. The predicted molar refractivity (Wildman–Crippen MR) is 88.7 cm³/mol. The van der Waals surface area contributed by atoms with Crippen molar-refractivity contribution in [2.75, 3.05) is 19.6 Å². The Hall–Kier alpha value is -2.40. The summed E-state index contributed by atoms with van der Waals surface area (Å²) in [6, 6.07) is 7.62. The molecule has 1 aliphatic rings. The van der Waals surface area contributed by atoms with Crippen LogP contribution in [0, 0.1) is 16.7 Å². The van der Waals surface area contributed by atoms with Gasteiger partial charge in [0, 0.05) is 18.2 Å². The standard InChI is InChI=1S/C15H19N5O2S/c1-15(2)10-18-20(11-15)8-7-17-12-19-23(21,22)14-5-3-13(9-16)4-6-14/h3-6,10,12H,7-8,11H2,1-2H3,(H,17,19). The number of nitrogens with zero attached hydrogens (tertiary/aromatic N) is 4. The minimum atomic E-state index is -3.66. The molecule has 0 fully saturated rings. The lowest BCUT2D eigenvalue weighted by molar-refractivity contribution is 0.273. The molecule has 2 rings (SSSR count). The van der Waals surface area contributed by atoms with Crippen LogP contribution in [0.2, 0.25) is 0 Å². The van der Waals surface area contributed by atoms with Crippen molar-refractivity contribution in [2.24, 2.45) is 15.5 Å². The lowest BCUT2D eigenvalue weighted by Crippen LogP contribution is -2.26. The molecule has 0 spiro atoms. The van der Waals surface area contributed by atoms with E-state index in [-0.39, 0.29) is 10.3 Å². The van der Waals surface area contributed by atoms with Crippen LogP contribution in [-0.2, 0) is 10.0 Å². The second kappa shape index (κ2) is 6.79. The second-order valence-electron chi connectivity index (χ2n) is 5.91. The Morgan fingerprint density at radius 1 is 1.43 bits per heavy atom. The monoisotopic (exact) mass is 333 g/mol. The third-order valence-corrected chi connectivity index (χ3v) is 4.55. The maximum absolute atomic E-state index is 12.0. The molecule has 0 saturated carbocycles. The van der Waals surface area contributed by atoms with Crippen LogP contribution in [-0.4, -0.2) is 45.6 Å². The molecule has 1 aromatic rings. The molecule has 1 N–H and O–H groups in total. The highest BCUT2D eigenvalue weighted by Crippen LogP contribution is 2.19. The predicted octanol–water partition coefficient (Wildman–Crippen LogP) is 1.19. The highest BCUT2D eigenvalue weighted by molar-refractivity contribution is 7.90. The minimum absolute atomic E-state index is 0.0703. The van der Waals surface area contributed by atoms with E-state index < -0.39 is 10.0 Å². The zero-order chi connectivity index (χ0) is 16.9. The Morgan fingerprint density at radius 3 is 2.70 bits per heavy atom. The Bertz CT molecular complexity index is 745. The lowest BCUT2D eigenvalue weighted by Gasteiger charge is -2.18. The number of aliphatic imine (C=N–C) groups is 1. The molecule has 0 bridgehead atoms. The SMILES string of the molecule is CC1(C)C=NN(CCN=CNS(=O)(=O)c2ccc(C#N)cc2)C1. The topological polar surface area (TPSA) is 97.9 Å². The molecule has 0 unspecified atom stereocenters. The van der Waals surface area contributed by atoms with Crippen LogP contribution in [0.15, 0.2) is 39.3 Å². The molecular formula is C15H19N5O2S. The fraction of sp³-hybridized carbons (Fsp3) is 0.400. The zero-order valence-corrected chi connectivity index (χ0v) is 13.9. The molecule has 8 heteroatoms. The molecule has 122 valence electrons. The van der Waals surface area contributed by atoms with Crippen LogP contribution in [0.25, 0.3) is 0 Å². The van der Waals surface area contributed by atoms with Crippen LogP contribution >= 0.6 is 0 Å². The average Bonchev–Trinajstić information content (AvgIpc) is 2.86. The van der Waals surface area contributed by atoms with E-state index in [4.69, 9.17) is 5.26 Å². The molecule has 0 atom stereocenters. The summed E-state index contributed by atoms with van der Waals surface area (Å²) in [5.74, 6) is 0. The Labute approximate surface area is 136 Å². The van der Waals surface area contributed by atoms with Gasteiger partial charge in [0.2, 0.25) is 0 Å². The van der Waals surface area contributed by atoms with Gasteiger partial charge in [0.15, 0.2) is 0 Å². The first-order valence-electron chi connectivity index (χ1n) is 7.13. The number of nitriles is 1. The van der Waals surface area contributed by atoms with Crippen LogP contribution in [0.3, 0.4) is 0 Å². The molecule has 23 heavy (non-hydrogen) atoms. The summed E-state index contributed by atoms with van der Waals surface area (Å²) in [7, 11) is -3.66. The van der Waals surface area contributed by atoms with Crippen molar-refractivity contribution in [3.8, 4) is 6.07 Å². The van der Waals surface area contributed by atoms with Crippen molar-refractivity contribution in [1.29, 1.82) is 5.26 Å². The minimum Gasteiger partial charge on any atom is -0.295 e. The average molecular weight is 333 g/mol. The van der Waals surface area contributed by atoms with Gasteiger partial charge < -0.3 is 0 Å². The highest BCUT2D eigenvalue weighted by atomic mass is 32.2. The van der Waals surface area contributed by atoms with E-state index in [9.17, 15) is 8.42 Å². The van der Waals surface area contributed by atoms with E-state index in [0.717, 1.165) is 6.54 Å². The van der Waals surface area contributed by atoms with Crippen molar-refractivity contribution in [3.05, 3.63) is 29.8 Å². The van der Waals surface area contributed by atoms with Crippen LogP contribution in [0.5, 0.6) is 0 Å². The lowest BCUT2D eigenvalue weighted by atomic mass is 9.97. The Morgan fingerprint density at radius 2 is 2.13 bits per heavy atom. The number of nitrogens with one attached hydrogen (secondary N) is 1. The number of hydrazone groups is 1. The number of rotatable bonds is 6. The van der Waals surface area contributed by atoms with Crippen molar-refractivity contribution >= 4 is 22.6 Å². The summed E-state index contributed by atoms with van der Waals surface area (Å²) >= 11 is 0. The van der Waals surface area contributed by atoms with Gasteiger partial charge >= 0.3 is 0 Å². The first kappa shape index (κ1) is 17.0. The Kier molecular flexibility index (Phi) is 5.01. The smallest absolute Gasteiger partial charge is 0.262 e. The number of hydrogen-bond acceptors (Lipinski definition) is 6. The van der Waals surface area contributed by atoms with E-state index in [1.54, 1.807) is 0 Å². The Balaban J connectivity index is 1.82. The summed E-state index contributed by atoms with van der Waals surface area (Å²) in [4.78, 5) is 4.14. The van der Waals surface area contributed by atoms with E-state index in [1.165, 1.54) is 30.6 Å². The number of benzene rings is 1. The third-order valence-electron chi connectivity index (χ3n) is 3.24. The first-order valence-corrected chi connectivity index (χ1v) is 8.62. The van der Waals surface area contributed by atoms with Crippen molar-refractivity contribution in [3.63, 3.8) is 0 Å². The molecule has 0 aliphatic carbocycles. The molecule has 0 saturated heterocycles. The van der Waals surface area contributed by atoms with Gasteiger partial charge in [-0.3, -0.25) is 14.7 Å². The number of sulfonamides is 1. The van der Waals surface area contributed by atoms with E-state index >= 15 is 0 Å². The fourth-order valence-electron chi connectivity index (χ4n) is 2.05. The number of hydrogen-bond donors (Lipinski definition) is 1. The van der Waals surface area contributed by atoms with Gasteiger partial charge in [-0.2, -0.15) is 10.4 Å². The van der Waals surface area contributed by atoms with Crippen LogP contribution < -0.4 is 4.72 Å². The van der Waals surface area contributed by atoms with Gasteiger partial charge in [0.1, 0.15) is 0 Å². The van der Waals surface area contributed by atoms with Gasteiger partial charge in [0.05, 0.1) is 36.0 Å². The van der Waals surface area contributed by atoms with Gasteiger partial charge in [-0.05, 0) is 24.3 Å². The molecule has 7 nitrogen and oxygen atoms in total.